The van der Waals surface area contributed by atoms with Crippen LogP contribution in [0.4, 0.5) is 0 Å². The molecule has 0 saturated carbocycles. The molecule has 3 heteroatoms. The number of aryl methyl sites for hydroxylation is 2. The van der Waals surface area contributed by atoms with Crippen molar-refractivity contribution in [2.24, 2.45) is 0 Å². The summed E-state index contributed by atoms with van der Waals surface area (Å²) < 4.78 is 0. The fraction of sp³-hybridized carbons (Fsp3) is 0.588. The molecule has 1 aliphatic rings. The summed E-state index contributed by atoms with van der Waals surface area (Å²) in [4.78, 5) is 17.1. The minimum Gasteiger partial charge on any atom is -0.298 e. The van der Waals surface area contributed by atoms with Crippen molar-refractivity contribution < 1.29 is 4.79 Å². The van der Waals surface area contributed by atoms with Gasteiger partial charge >= 0.3 is 0 Å². The second-order valence-electron chi connectivity index (χ2n) is 5.93. The Morgan fingerprint density at radius 2 is 2.00 bits per heavy atom. The van der Waals surface area contributed by atoms with Gasteiger partial charge in [0.15, 0.2) is 5.78 Å². The van der Waals surface area contributed by atoms with Crippen molar-refractivity contribution in [2.45, 2.75) is 33.7 Å². The Balaban J connectivity index is 1.96. The lowest BCUT2D eigenvalue weighted by molar-refractivity contribution is 0.0723. The van der Waals surface area contributed by atoms with E-state index in [0.717, 1.165) is 31.7 Å². The van der Waals surface area contributed by atoms with E-state index in [-0.39, 0.29) is 5.78 Å². The molecule has 110 valence electrons. The number of piperazine rings is 1. The minimum atomic E-state index is 0.241. The Labute approximate surface area is 122 Å². The number of hydrogen-bond donors (Lipinski definition) is 0. The third-order valence-corrected chi connectivity index (χ3v) is 4.45. The molecule has 0 bridgehead atoms. The van der Waals surface area contributed by atoms with E-state index in [1.165, 1.54) is 11.1 Å². The van der Waals surface area contributed by atoms with Gasteiger partial charge in [0.05, 0.1) is 6.54 Å². The van der Waals surface area contributed by atoms with Crippen LogP contribution in [0.15, 0.2) is 18.2 Å². The molecule has 0 aromatic heterocycles. The first-order valence-corrected chi connectivity index (χ1v) is 7.58. The molecule has 1 atom stereocenters. The first-order chi connectivity index (χ1) is 9.51. The average molecular weight is 274 g/mol. The second-order valence-corrected chi connectivity index (χ2v) is 5.93. The molecule has 1 fully saturated rings. The summed E-state index contributed by atoms with van der Waals surface area (Å²) in [5, 5.41) is 0. The molecular formula is C17H26N2O. The van der Waals surface area contributed by atoms with Crippen LogP contribution < -0.4 is 0 Å². The third kappa shape index (κ3) is 3.47. The molecule has 1 heterocycles. The number of benzene rings is 1. The zero-order valence-electron chi connectivity index (χ0n) is 13.1. The van der Waals surface area contributed by atoms with E-state index >= 15 is 0 Å². The SMILES string of the molecule is CCN1CCN(CC(=O)c2ccc(C)c(C)c2)CC1C. The van der Waals surface area contributed by atoms with Gasteiger partial charge < -0.3 is 0 Å². The Hall–Kier alpha value is -1.19. The maximum Gasteiger partial charge on any atom is 0.176 e. The summed E-state index contributed by atoms with van der Waals surface area (Å²) in [5.74, 6) is 0.241. The lowest BCUT2D eigenvalue weighted by atomic mass is 10.0. The maximum absolute atomic E-state index is 12.4. The van der Waals surface area contributed by atoms with Crippen molar-refractivity contribution in [3.8, 4) is 0 Å². The number of nitrogens with zero attached hydrogens (tertiary/aromatic N) is 2. The number of rotatable bonds is 4. The van der Waals surface area contributed by atoms with E-state index in [0.29, 0.717) is 12.6 Å². The summed E-state index contributed by atoms with van der Waals surface area (Å²) in [6.07, 6.45) is 0. The molecule has 0 spiro atoms. The zero-order chi connectivity index (χ0) is 14.7. The van der Waals surface area contributed by atoms with Crippen LogP contribution in [0.5, 0.6) is 0 Å². The van der Waals surface area contributed by atoms with Crippen LogP contribution >= 0.6 is 0 Å². The lowest BCUT2D eigenvalue weighted by Gasteiger charge is -2.39. The largest absolute Gasteiger partial charge is 0.298 e. The van der Waals surface area contributed by atoms with E-state index < -0.39 is 0 Å². The van der Waals surface area contributed by atoms with Gasteiger partial charge in [0.1, 0.15) is 0 Å². The highest BCUT2D eigenvalue weighted by atomic mass is 16.1. The summed E-state index contributed by atoms with van der Waals surface area (Å²) in [7, 11) is 0. The Bertz CT molecular complexity index is 484. The topological polar surface area (TPSA) is 23.6 Å². The monoisotopic (exact) mass is 274 g/mol. The summed E-state index contributed by atoms with van der Waals surface area (Å²) in [6, 6.07) is 6.56. The molecule has 20 heavy (non-hydrogen) atoms. The molecule has 0 aliphatic carbocycles. The predicted molar refractivity (Wildman–Crippen MR) is 83.4 cm³/mol. The van der Waals surface area contributed by atoms with Crippen molar-refractivity contribution in [1.82, 2.24) is 9.80 Å². The van der Waals surface area contributed by atoms with Crippen LogP contribution in [0.3, 0.4) is 0 Å². The van der Waals surface area contributed by atoms with Gasteiger partial charge in [0.25, 0.3) is 0 Å². The number of Topliss-reactive ketones (excluding diaryl/α,β-unsaturated/α-hetero) is 1. The fourth-order valence-electron chi connectivity index (χ4n) is 2.89. The van der Waals surface area contributed by atoms with E-state index in [1.807, 2.05) is 18.2 Å². The summed E-state index contributed by atoms with van der Waals surface area (Å²) in [6.45, 7) is 13.3. The highest BCUT2D eigenvalue weighted by Gasteiger charge is 2.23. The molecule has 1 saturated heterocycles. The Morgan fingerprint density at radius 3 is 2.60 bits per heavy atom. The molecule has 0 N–H and O–H groups in total. The number of ketones is 1. The van der Waals surface area contributed by atoms with E-state index in [1.54, 1.807) is 0 Å². The average Bonchev–Trinajstić information content (AvgIpc) is 2.42. The van der Waals surface area contributed by atoms with Gasteiger partial charge in [0.2, 0.25) is 0 Å². The van der Waals surface area contributed by atoms with Gasteiger partial charge in [-0.15, -0.1) is 0 Å². The van der Waals surface area contributed by atoms with Crippen LogP contribution in [0.2, 0.25) is 0 Å². The zero-order valence-corrected chi connectivity index (χ0v) is 13.1. The normalized spacial score (nSPS) is 21.1. The van der Waals surface area contributed by atoms with Crippen LogP contribution in [-0.4, -0.2) is 54.3 Å². The van der Waals surface area contributed by atoms with Crippen molar-refractivity contribution in [1.29, 1.82) is 0 Å². The molecule has 1 aliphatic heterocycles. The molecule has 1 aromatic carbocycles. The molecule has 1 unspecified atom stereocenters. The van der Waals surface area contributed by atoms with Crippen LogP contribution in [0.25, 0.3) is 0 Å². The Kier molecular flexibility index (Phi) is 4.95. The summed E-state index contributed by atoms with van der Waals surface area (Å²) in [5.41, 5.74) is 3.28. The van der Waals surface area contributed by atoms with E-state index in [4.69, 9.17) is 0 Å². The third-order valence-electron chi connectivity index (χ3n) is 4.45. The first-order valence-electron chi connectivity index (χ1n) is 7.58. The van der Waals surface area contributed by atoms with E-state index in [2.05, 4.69) is 37.5 Å². The van der Waals surface area contributed by atoms with Crippen molar-refractivity contribution in [3.05, 3.63) is 34.9 Å². The quantitative estimate of drug-likeness (QED) is 0.788. The van der Waals surface area contributed by atoms with Gasteiger partial charge in [-0.1, -0.05) is 19.1 Å². The molecule has 0 radical (unpaired) electrons. The number of carbonyl (C=O) groups excluding carboxylic acids is 1. The van der Waals surface area contributed by atoms with Gasteiger partial charge in [-0.25, -0.2) is 0 Å². The van der Waals surface area contributed by atoms with Crippen molar-refractivity contribution >= 4 is 5.78 Å². The highest BCUT2D eigenvalue weighted by molar-refractivity contribution is 5.97. The van der Waals surface area contributed by atoms with Gasteiger partial charge in [-0.2, -0.15) is 0 Å². The standard InChI is InChI=1S/C17H26N2O/c1-5-19-9-8-18(11-15(19)4)12-17(20)16-7-6-13(2)14(3)10-16/h6-7,10,15H,5,8-9,11-12H2,1-4H3. The highest BCUT2D eigenvalue weighted by Crippen LogP contribution is 2.13. The molecule has 1 aromatic rings. The van der Waals surface area contributed by atoms with Gasteiger partial charge in [-0.3, -0.25) is 14.6 Å². The Morgan fingerprint density at radius 1 is 1.25 bits per heavy atom. The molecular weight excluding hydrogens is 248 g/mol. The van der Waals surface area contributed by atoms with Crippen LogP contribution in [0, 0.1) is 13.8 Å². The van der Waals surface area contributed by atoms with Crippen molar-refractivity contribution in [2.75, 3.05) is 32.7 Å². The number of hydrogen-bond acceptors (Lipinski definition) is 3. The summed E-state index contributed by atoms with van der Waals surface area (Å²) >= 11 is 0. The second kappa shape index (κ2) is 6.51. The van der Waals surface area contributed by atoms with E-state index in [9.17, 15) is 4.79 Å². The van der Waals surface area contributed by atoms with Gasteiger partial charge in [-0.05, 0) is 44.5 Å². The molecule has 2 rings (SSSR count). The first kappa shape index (κ1) is 15.2. The van der Waals surface area contributed by atoms with Crippen LogP contribution in [-0.2, 0) is 0 Å². The molecule has 3 nitrogen and oxygen atoms in total. The molecule has 0 amide bonds. The van der Waals surface area contributed by atoms with Crippen molar-refractivity contribution in [3.63, 3.8) is 0 Å². The smallest absolute Gasteiger partial charge is 0.176 e. The lowest BCUT2D eigenvalue weighted by Crippen LogP contribution is -2.52. The van der Waals surface area contributed by atoms with Crippen LogP contribution in [0.1, 0.15) is 35.3 Å². The van der Waals surface area contributed by atoms with Gasteiger partial charge in [0, 0.05) is 31.2 Å². The maximum atomic E-state index is 12.4. The minimum absolute atomic E-state index is 0.241. The number of carbonyl (C=O) groups is 1. The fourth-order valence-corrected chi connectivity index (χ4v) is 2.89. The number of likely N-dealkylation sites (N-methyl/N-ethyl adjacent to an activating group) is 1. The predicted octanol–water partition coefficient (Wildman–Crippen LogP) is 2.51.